The smallest absolute Gasteiger partial charge is 0.0152 e. The number of aryl methyl sites for hydroxylation is 1. The van der Waals surface area contributed by atoms with Gasteiger partial charge in [0, 0.05) is 0 Å². The summed E-state index contributed by atoms with van der Waals surface area (Å²) in [6.45, 7) is 2.28. The Morgan fingerprint density at radius 2 is 1.33 bits per heavy atom. The maximum Gasteiger partial charge on any atom is -0.0152 e. The molecule has 2 rings (SSSR count). The molecule has 0 amide bonds. The molecule has 2 aromatic carbocycles. The molecule has 0 bridgehead atoms. The van der Waals surface area contributed by atoms with Gasteiger partial charge in [-0.1, -0.05) is 93.6 Å². The van der Waals surface area contributed by atoms with E-state index in [0.717, 1.165) is 0 Å². The van der Waals surface area contributed by atoms with E-state index in [9.17, 15) is 0 Å². The van der Waals surface area contributed by atoms with Crippen molar-refractivity contribution < 1.29 is 0 Å². The summed E-state index contributed by atoms with van der Waals surface area (Å²) in [5.74, 6) is 0. The lowest BCUT2D eigenvalue weighted by atomic mass is 10.00. The summed E-state index contributed by atoms with van der Waals surface area (Å²) in [4.78, 5) is 0. The Kier molecular flexibility index (Phi) is 9.31. The van der Waals surface area contributed by atoms with Crippen molar-refractivity contribution in [2.24, 2.45) is 0 Å². The van der Waals surface area contributed by atoms with Gasteiger partial charge in [0.25, 0.3) is 0 Å². The first-order valence-electron chi connectivity index (χ1n) is 10.0. The number of unbranched alkanes of at least 4 members (excludes halogenated alkanes) is 8. The fraction of sp³-hybridized carbons (Fsp3) is 0.500. The number of hydrogen-bond acceptors (Lipinski definition) is 0. The zero-order chi connectivity index (χ0) is 16.9. The summed E-state index contributed by atoms with van der Waals surface area (Å²) in [5.41, 5.74) is 1.50. The van der Waals surface area contributed by atoms with E-state index >= 15 is 0 Å². The monoisotopic (exact) mass is 322 g/mol. The summed E-state index contributed by atoms with van der Waals surface area (Å²) < 4.78 is 0. The zero-order valence-electron chi connectivity index (χ0n) is 15.5. The molecule has 0 atom stereocenters. The Morgan fingerprint density at radius 3 is 2.17 bits per heavy atom. The third-order valence-electron chi connectivity index (χ3n) is 4.84. The van der Waals surface area contributed by atoms with Crippen LogP contribution in [-0.4, -0.2) is 0 Å². The first kappa shape index (κ1) is 18.8. The summed E-state index contributed by atoms with van der Waals surface area (Å²) >= 11 is 0. The van der Waals surface area contributed by atoms with Crippen LogP contribution in [0.2, 0.25) is 0 Å². The van der Waals surface area contributed by atoms with Crippen LogP contribution in [0.15, 0.2) is 54.6 Å². The standard InChI is InChI=1S/C24H34/c1-2-3-4-5-6-7-8-9-10-11-12-13-17-22-19-16-20-23-18-14-15-21-24(22)23/h9-10,14-16,18-21H,2-8,11-13,17H2,1H3/b10-9+. The van der Waals surface area contributed by atoms with E-state index in [1.807, 2.05) is 0 Å². The fourth-order valence-corrected chi connectivity index (χ4v) is 3.37. The number of fused-ring (bicyclic) bond motifs is 1. The molecule has 0 saturated carbocycles. The Morgan fingerprint density at radius 1 is 0.667 bits per heavy atom. The number of allylic oxidation sites excluding steroid dienone is 2. The van der Waals surface area contributed by atoms with E-state index in [-0.39, 0.29) is 0 Å². The lowest BCUT2D eigenvalue weighted by Crippen LogP contribution is -1.87. The van der Waals surface area contributed by atoms with Crippen molar-refractivity contribution in [2.45, 2.75) is 77.6 Å². The molecule has 0 unspecified atom stereocenters. The molecule has 24 heavy (non-hydrogen) atoms. The molecule has 0 heteroatoms. The topological polar surface area (TPSA) is 0 Å². The van der Waals surface area contributed by atoms with Crippen LogP contribution in [-0.2, 0) is 6.42 Å². The van der Waals surface area contributed by atoms with Crippen LogP contribution in [0.1, 0.15) is 76.7 Å². The fourth-order valence-electron chi connectivity index (χ4n) is 3.37. The molecule has 0 aliphatic rings. The molecule has 0 aromatic heterocycles. The Labute approximate surface area is 149 Å². The van der Waals surface area contributed by atoms with Gasteiger partial charge in [0.15, 0.2) is 0 Å². The predicted octanol–water partition coefficient (Wildman–Crippen LogP) is 7.86. The third-order valence-corrected chi connectivity index (χ3v) is 4.84. The van der Waals surface area contributed by atoms with Gasteiger partial charge in [0.05, 0.1) is 0 Å². The van der Waals surface area contributed by atoms with Crippen LogP contribution >= 0.6 is 0 Å². The van der Waals surface area contributed by atoms with Crippen molar-refractivity contribution in [3.63, 3.8) is 0 Å². The summed E-state index contributed by atoms with van der Waals surface area (Å²) in [5, 5.41) is 2.80. The number of rotatable bonds is 12. The van der Waals surface area contributed by atoms with Gasteiger partial charge >= 0.3 is 0 Å². The van der Waals surface area contributed by atoms with Gasteiger partial charge in [-0.05, 0) is 54.9 Å². The molecule has 0 nitrogen and oxygen atoms in total. The van der Waals surface area contributed by atoms with Crippen LogP contribution in [0.4, 0.5) is 0 Å². The van der Waals surface area contributed by atoms with Crippen LogP contribution in [0.25, 0.3) is 10.8 Å². The molecule has 0 aliphatic heterocycles. The second-order valence-corrected chi connectivity index (χ2v) is 6.91. The van der Waals surface area contributed by atoms with Crippen LogP contribution in [0, 0.1) is 0 Å². The average molecular weight is 323 g/mol. The van der Waals surface area contributed by atoms with Gasteiger partial charge in [0.1, 0.15) is 0 Å². The minimum absolute atomic E-state index is 1.20. The molecule has 2 aromatic rings. The molecular weight excluding hydrogens is 288 g/mol. The van der Waals surface area contributed by atoms with E-state index in [2.05, 4.69) is 61.5 Å². The lowest BCUT2D eigenvalue weighted by molar-refractivity contribution is 0.611. The van der Waals surface area contributed by atoms with Gasteiger partial charge in [0.2, 0.25) is 0 Å². The van der Waals surface area contributed by atoms with Crippen LogP contribution < -0.4 is 0 Å². The Bertz CT molecular complexity index is 589. The van der Waals surface area contributed by atoms with E-state index in [1.54, 1.807) is 0 Å². The van der Waals surface area contributed by atoms with Crippen molar-refractivity contribution in [2.75, 3.05) is 0 Å². The quantitative estimate of drug-likeness (QED) is 0.275. The van der Waals surface area contributed by atoms with Crippen molar-refractivity contribution in [1.29, 1.82) is 0 Å². The third kappa shape index (κ3) is 6.91. The van der Waals surface area contributed by atoms with E-state index in [1.165, 1.54) is 87.0 Å². The number of benzene rings is 2. The van der Waals surface area contributed by atoms with Gasteiger partial charge in [-0.2, -0.15) is 0 Å². The van der Waals surface area contributed by atoms with Crippen molar-refractivity contribution in [3.05, 3.63) is 60.2 Å². The normalized spacial score (nSPS) is 11.5. The summed E-state index contributed by atoms with van der Waals surface area (Å²) in [6, 6.07) is 15.4. The molecular formula is C24H34. The molecule has 0 heterocycles. The number of hydrogen-bond donors (Lipinski definition) is 0. The summed E-state index contributed by atoms with van der Waals surface area (Å²) in [6.07, 6.45) is 19.5. The van der Waals surface area contributed by atoms with Crippen LogP contribution in [0.5, 0.6) is 0 Å². The lowest BCUT2D eigenvalue weighted by Gasteiger charge is -2.05. The Balaban J connectivity index is 1.56. The van der Waals surface area contributed by atoms with Crippen molar-refractivity contribution in [1.82, 2.24) is 0 Å². The first-order chi connectivity index (χ1) is 11.9. The molecule has 0 radical (unpaired) electrons. The van der Waals surface area contributed by atoms with Gasteiger partial charge < -0.3 is 0 Å². The molecule has 0 fully saturated rings. The van der Waals surface area contributed by atoms with Crippen molar-refractivity contribution >= 4 is 10.8 Å². The molecule has 130 valence electrons. The second kappa shape index (κ2) is 11.9. The average Bonchev–Trinajstić information content (AvgIpc) is 2.63. The minimum Gasteiger partial charge on any atom is -0.0885 e. The Hall–Kier alpha value is -1.56. The highest BCUT2D eigenvalue weighted by Crippen LogP contribution is 2.20. The molecule has 0 aliphatic carbocycles. The predicted molar refractivity (Wildman–Crippen MR) is 109 cm³/mol. The van der Waals surface area contributed by atoms with Gasteiger partial charge in [-0.15, -0.1) is 0 Å². The molecule has 0 N–H and O–H groups in total. The first-order valence-corrected chi connectivity index (χ1v) is 10.0. The molecule has 0 spiro atoms. The van der Waals surface area contributed by atoms with Crippen molar-refractivity contribution in [3.8, 4) is 0 Å². The van der Waals surface area contributed by atoms with Gasteiger partial charge in [-0.25, -0.2) is 0 Å². The van der Waals surface area contributed by atoms with E-state index in [4.69, 9.17) is 0 Å². The van der Waals surface area contributed by atoms with Gasteiger partial charge in [-0.3, -0.25) is 0 Å². The largest absolute Gasteiger partial charge is 0.0885 e. The SMILES string of the molecule is CCCCCCCC/C=C/CCCCc1cccc2ccccc12. The van der Waals surface area contributed by atoms with Crippen LogP contribution in [0.3, 0.4) is 0 Å². The second-order valence-electron chi connectivity index (χ2n) is 6.91. The highest BCUT2D eigenvalue weighted by atomic mass is 14.0. The van der Waals surface area contributed by atoms with E-state index in [0.29, 0.717) is 0 Å². The molecule has 0 saturated heterocycles. The maximum absolute atomic E-state index is 2.40. The maximum atomic E-state index is 2.40. The zero-order valence-corrected chi connectivity index (χ0v) is 15.5. The highest BCUT2D eigenvalue weighted by molar-refractivity contribution is 5.85. The summed E-state index contributed by atoms with van der Waals surface area (Å²) in [7, 11) is 0. The van der Waals surface area contributed by atoms with E-state index < -0.39 is 0 Å². The highest BCUT2D eigenvalue weighted by Gasteiger charge is 1.99. The minimum atomic E-state index is 1.20.